The number of methoxy groups -OCH3 is 1. The van der Waals surface area contributed by atoms with Gasteiger partial charge in [0, 0.05) is 24.8 Å². The lowest BCUT2D eigenvalue weighted by atomic mass is 10.1. The Labute approximate surface area is 177 Å². The Balaban J connectivity index is 1.60. The van der Waals surface area contributed by atoms with E-state index in [9.17, 15) is 12.8 Å². The molecule has 3 rings (SSSR count). The summed E-state index contributed by atoms with van der Waals surface area (Å²) in [5, 5.41) is 7.19. The molecule has 0 saturated heterocycles. The Morgan fingerprint density at radius 2 is 1.90 bits per heavy atom. The summed E-state index contributed by atoms with van der Waals surface area (Å²) < 4.78 is 45.6. The summed E-state index contributed by atoms with van der Waals surface area (Å²) in [5.74, 6) is 0.278. The van der Waals surface area contributed by atoms with E-state index in [0.717, 1.165) is 17.0 Å². The number of H-pyrrole nitrogens is 1. The second-order valence-electron chi connectivity index (χ2n) is 6.51. The van der Waals surface area contributed by atoms with E-state index in [1.165, 1.54) is 35.7 Å². The van der Waals surface area contributed by atoms with Gasteiger partial charge in [0.1, 0.15) is 11.6 Å². The molecule has 0 unspecified atom stereocenters. The number of aromatic nitrogens is 2. The molecule has 0 spiro atoms. The van der Waals surface area contributed by atoms with E-state index in [2.05, 4.69) is 26.1 Å². The van der Waals surface area contributed by atoms with Crippen LogP contribution < -0.4 is 4.74 Å². The molecule has 6 nitrogen and oxygen atoms in total. The zero-order valence-corrected chi connectivity index (χ0v) is 18.4. The minimum atomic E-state index is -3.60. The average molecular weight is 482 g/mol. The van der Waals surface area contributed by atoms with Crippen LogP contribution in [0, 0.1) is 5.82 Å². The van der Waals surface area contributed by atoms with E-state index < -0.39 is 10.0 Å². The summed E-state index contributed by atoms with van der Waals surface area (Å²) in [6.45, 7) is 0.358. The van der Waals surface area contributed by atoms with E-state index in [4.69, 9.17) is 4.74 Å². The molecule has 154 valence electrons. The highest BCUT2D eigenvalue weighted by molar-refractivity contribution is 9.10. The number of aryl methyl sites for hydroxylation is 1. The molecular weight excluding hydrogens is 461 g/mol. The second-order valence-corrected chi connectivity index (χ2v) is 9.41. The smallest absolute Gasteiger partial charge is 0.242 e. The maximum Gasteiger partial charge on any atom is 0.242 e. The molecule has 3 aromatic rings. The molecule has 1 aromatic heterocycles. The van der Waals surface area contributed by atoms with E-state index in [0.29, 0.717) is 29.6 Å². The zero-order chi connectivity index (χ0) is 21.0. The standard InChI is InChI=1S/C20H21BrFN3O3S/c1-25(29(26,27)17-9-10-20(28-2)18(21)13-17)11-3-4-16-12-19(24-23-16)14-5-7-15(22)8-6-14/h5-10,12-13H,3-4,11H2,1-2H3,(H,23,24). The van der Waals surface area contributed by atoms with Crippen molar-refractivity contribution in [3.05, 3.63) is 64.5 Å². The third-order valence-corrected chi connectivity index (χ3v) is 6.99. The van der Waals surface area contributed by atoms with E-state index in [1.54, 1.807) is 25.2 Å². The number of halogens is 2. The average Bonchev–Trinajstić information content (AvgIpc) is 3.17. The number of hydrogen-bond acceptors (Lipinski definition) is 4. The first-order valence-electron chi connectivity index (χ1n) is 8.91. The van der Waals surface area contributed by atoms with Crippen molar-refractivity contribution >= 4 is 26.0 Å². The number of ether oxygens (including phenoxy) is 1. The predicted molar refractivity (Wildman–Crippen MR) is 113 cm³/mol. The number of nitrogens with one attached hydrogen (secondary N) is 1. The van der Waals surface area contributed by atoms with Crippen LogP contribution in [0.2, 0.25) is 0 Å². The van der Waals surface area contributed by atoms with Crippen molar-refractivity contribution in [3.8, 4) is 17.0 Å². The molecule has 29 heavy (non-hydrogen) atoms. The Morgan fingerprint density at radius 3 is 2.55 bits per heavy atom. The molecular formula is C20H21BrFN3O3S. The SMILES string of the molecule is COc1ccc(S(=O)(=O)N(C)CCCc2cc(-c3ccc(F)cc3)n[nH]2)cc1Br. The normalized spacial score (nSPS) is 11.8. The molecule has 1 N–H and O–H groups in total. The molecule has 2 aromatic carbocycles. The van der Waals surface area contributed by atoms with Crippen LogP contribution in [0.15, 0.2) is 57.9 Å². The van der Waals surface area contributed by atoms with Crippen LogP contribution in [0.1, 0.15) is 12.1 Å². The van der Waals surface area contributed by atoms with Crippen molar-refractivity contribution in [3.63, 3.8) is 0 Å². The van der Waals surface area contributed by atoms with Crippen molar-refractivity contribution in [1.29, 1.82) is 0 Å². The third-order valence-electron chi connectivity index (χ3n) is 4.52. The fourth-order valence-corrected chi connectivity index (χ4v) is 4.79. The van der Waals surface area contributed by atoms with Gasteiger partial charge in [0.15, 0.2) is 0 Å². The first kappa shape index (κ1) is 21.5. The largest absolute Gasteiger partial charge is 0.496 e. The van der Waals surface area contributed by atoms with Gasteiger partial charge >= 0.3 is 0 Å². The van der Waals surface area contributed by atoms with Crippen molar-refractivity contribution in [2.24, 2.45) is 0 Å². The summed E-state index contributed by atoms with van der Waals surface area (Å²) >= 11 is 3.32. The predicted octanol–water partition coefficient (Wildman–Crippen LogP) is 4.24. The van der Waals surface area contributed by atoms with E-state index in [-0.39, 0.29) is 10.7 Å². The highest BCUT2D eigenvalue weighted by atomic mass is 79.9. The minimum absolute atomic E-state index is 0.202. The summed E-state index contributed by atoms with van der Waals surface area (Å²) in [4.78, 5) is 0.202. The quantitative estimate of drug-likeness (QED) is 0.521. The Kier molecular flexibility index (Phi) is 6.71. The lowest BCUT2D eigenvalue weighted by Crippen LogP contribution is -2.28. The van der Waals surface area contributed by atoms with Gasteiger partial charge in [0.25, 0.3) is 0 Å². The third kappa shape index (κ3) is 5.04. The van der Waals surface area contributed by atoms with Crippen LogP contribution in [0.3, 0.4) is 0 Å². The highest BCUT2D eigenvalue weighted by Crippen LogP contribution is 2.28. The molecule has 0 radical (unpaired) electrons. The molecule has 9 heteroatoms. The maximum atomic E-state index is 13.0. The summed E-state index contributed by atoms with van der Waals surface area (Å²) in [6.07, 6.45) is 1.26. The van der Waals surface area contributed by atoms with Crippen LogP contribution in [0.4, 0.5) is 4.39 Å². The molecule has 0 aliphatic carbocycles. The van der Waals surface area contributed by atoms with Gasteiger partial charge in [-0.05, 0) is 77.3 Å². The molecule has 0 fully saturated rings. The Hall–Kier alpha value is -2.23. The lowest BCUT2D eigenvalue weighted by Gasteiger charge is -2.17. The van der Waals surface area contributed by atoms with Gasteiger partial charge in [-0.15, -0.1) is 0 Å². The number of aromatic amines is 1. The summed E-state index contributed by atoms with van der Waals surface area (Å²) in [5.41, 5.74) is 2.44. The monoisotopic (exact) mass is 481 g/mol. The fourth-order valence-electron chi connectivity index (χ4n) is 2.86. The van der Waals surface area contributed by atoms with Crippen molar-refractivity contribution in [1.82, 2.24) is 14.5 Å². The number of sulfonamides is 1. The molecule has 0 aliphatic heterocycles. The molecule has 0 aliphatic rings. The van der Waals surface area contributed by atoms with Crippen LogP contribution >= 0.6 is 15.9 Å². The minimum Gasteiger partial charge on any atom is -0.496 e. The fraction of sp³-hybridized carbons (Fsp3) is 0.250. The first-order chi connectivity index (χ1) is 13.8. The van der Waals surface area contributed by atoms with Gasteiger partial charge in [-0.1, -0.05) is 0 Å². The number of nitrogens with zero attached hydrogens (tertiary/aromatic N) is 2. The zero-order valence-electron chi connectivity index (χ0n) is 16.0. The summed E-state index contributed by atoms with van der Waals surface area (Å²) in [6, 6.07) is 12.7. The molecule has 0 bridgehead atoms. The topological polar surface area (TPSA) is 75.3 Å². The Morgan fingerprint density at radius 1 is 1.17 bits per heavy atom. The van der Waals surface area contributed by atoms with Crippen molar-refractivity contribution in [2.75, 3.05) is 20.7 Å². The van der Waals surface area contributed by atoms with Gasteiger partial charge in [-0.2, -0.15) is 5.10 Å². The molecule has 0 amide bonds. The van der Waals surface area contributed by atoms with Gasteiger partial charge < -0.3 is 4.74 Å². The van der Waals surface area contributed by atoms with Crippen molar-refractivity contribution < 1.29 is 17.5 Å². The molecule has 1 heterocycles. The van der Waals surface area contributed by atoms with Crippen LogP contribution in [0.25, 0.3) is 11.3 Å². The highest BCUT2D eigenvalue weighted by Gasteiger charge is 2.21. The van der Waals surface area contributed by atoms with Crippen LogP contribution in [-0.2, 0) is 16.4 Å². The van der Waals surface area contributed by atoms with Gasteiger partial charge in [0.2, 0.25) is 10.0 Å². The van der Waals surface area contributed by atoms with Crippen LogP contribution in [-0.4, -0.2) is 43.6 Å². The first-order valence-corrected chi connectivity index (χ1v) is 11.1. The van der Waals surface area contributed by atoms with E-state index >= 15 is 0 Å². The Bertz CT molecular complexity index is 1080. The van der Waals surface area contributed by atoms with Crippen LogP contribution in [0.5, 0.6) is 5.75 Å². The molecule has 0 saturated carbocycles. The van der Waals surface area contributed by atoms with Gasteiger partial charge in [-0.3, -0.25) is 5.10 Å². The molecule has 0 atom stereocenters. The summed E-state index contributed by atoms with van der Waals surface area (Å²) in [7, 11) is -0.511. The second kappa shape index (κ2) is 9.06. The lowest BCUT2D eigenvalue weighted by molar-refractivity contribution is 0.411. The number of benzene rings is 2. The number of rotatable bonds is 8. The van der Waals surface area contributed by atoms with Gasteiger partial charge in [0.05, 0.1) is 22.2 Å². The van der Waals surface area contributed by atoms with E-state index in [1.807, 2.05) is 6.07 Å². The maximum absolute atomic E-state index is 13.0. The van der Waals surface area contributed by atoms with Crippen molar-refractivity contribution in [2.45, 2.75) is 17.7 Å². The number of hydrogen-bond donors (Lipinski definition) is 1. The van der Waals surface area contributed by atoms with Gasteiger partial charge in [-0.25, -0.2) is 17.1 Å².